The lowest BCUT2D eigenvalue weighted by atomic mass is 9.84. The molecule has 0 aromatic carbocycles. The molecular formula is C17H27F3O4. The second-order valence-electron chi connectivity index (χ2n) is 7.61. The molecular weight excluding hydrogens is 325 g/mol. The maximum absolute atomic E-state index is 12.4. The lowest BCUT2D eigenvalue weighted by Gasteiger charge is -2.27. The number of esters is 1. The number of carbonyl (C=O) groups excluding carboxylic acids is 1. The predicted molar refractivity (Wildman–Crippen MR) is 82.3 cm³/mol. The second kappa shape index (κ2) is 8.21. The maximum Gasteiger partial charge on any atom is 0.389 e. The minimum absolute atomic E-state index is 0.177. The van der Waals surface area contributed by atoms with Gasteiger partial charge in [0.2, 0.25) is 0 Å². The third-order valence-electron chi connectivity index (χ3n) is 4.07. The van der Waals surface area contributed by atoms with E-state index in [1.54, 1.807) is 20.8 Å². The summed E-state index contributed by atoms with van der Waals surface area (Å²) in [7, 11) is 0. The molecule has 0 radical (unpaired) electrons. The first-order chi connectivity index (χ1) is 10.9. The van der Waals surface area contributed by atoms with Gasteiger partial charge in [0.05, 0.1) is 11.8 Å². The lowest BCUT2D eigenvalue weighted by molar-refractivity contribution is -0.167. The minimum atomic E-state index is -4.32. The van der Waals surface area contributed by atoms with Crippen molar-refractivity contribution in [2.75, 3.05) is 0 Å². The van der Waals surface area contributed by atoms with E-state index in [-0.39, 0.29) is 12.8 Å². The van der Waals surface area contributed by atoms with Crippen molar-refractivity contribution in [1.82, 2.24) is 0 Å². The van der Waals surface area contributed by atoms with Gasteiger partial charge in [-0.15, -0.1) is 0 Å². The Balaban J connectivity index is 2.76. The van der Waals surface area contributed by atoms with E-state index in [4.69, 9.17) is 4.74 Å². The number of carboxylic acid groups (broad SMARTS) is 1. The van der Waals surface area contributed by atoms with Crippen LogP contribution < -0.4 is 0 Å². The van der Waals surface area contributed by atoms with Gasteiger partial charge in [0.15, 0.2) is 0 Å². The summed E-state index contributed by atoms with van der Waals surface area (Å²) >= 11 is 0. The zero-order valence-electron chi connectivity index (χ0n) is 14.5. The Kier molecular flexibility index (Phi) is 7.10. The van der Waals surface area contributed by atoms with Crippen LogP contribution in [0.15, 0.2) is 0 Å². The van der Waals surface area contributed by atoms with Gasteiger partial charge in [0.25, 0.3) is 0 Å². The van der Waals surface area contributed by atoms with Crippen LogP contribution in [0.25, 0.3) is 0 Å². The van der Waals surface area contributed by atoms with Crippen molar-refractivity contribution in [2.45, 2.75) is 77.5 Å². The van der Waals surface area contributed by atoms with Gasteiger partial charge in [-0.05, 0) is 52.4 Å². The number of ether oxygens (including phenoxy) is 1. The van der Waals surface area contributed by atoms with E-state index in [0.29, 0.717) is 18.8 Å². The van der Waals surface area contributed by atoms with E-state index >= 15 is 0 Å². The summed E-state index contributed by atoms with van der Waals surface area (Å²) in [4.78, 5) is 23.9. The molecule has 7 heteroatoms. The van der Waals surface area contributed by atoms with E-state index in [9.17, 15) is 27.9 Å². The van der Waals surface area contributed by atoms with Crippen LogP contribution in [0, 0.1) is 17.8 Å². The van der Waals surface area contributed by atoms with Crippen LogP contribution in [0.4, 0.5) is 13.2 Å². The van der Waals surface area contributed by atoms with E-state index in [1.807, 2.05) is 0 Å². The van der Waals surface area contributed by atoms with Crippen molar-refractivity contribution in [3.63, 3.8) is 0 Å². The minimum Gasteiger partial charge on any atom is -0.481 e. The summed E-state index contributed by atoms with van der Waals surface area (Å²) in [6.45, 7) is 5.05. The van der Waals surface area contributed by atoms with Crippen molar-refractivity contribution in [3.8, 4) is 0 Å². The van der Waals surface area contributed by atoms with E-state index < -0.39 is 42.0 Å². The van der Waals surface area contributed by atoms with Crippen LogP contribution in [0.3, 0.4) is 0 Å². The normalized spacial score (nSPS) is 18.1. The maximum atomic E-state index is 12.4. The molecule has 0 aromatic heterocycles. The zero-order chi connectivity index (χ0) is 18.5. The van der Waals surface area contributed by atoms with Crippen molar-refractivity contribution < 1.29 is 32.6 Å². The van der Waals surface area contributed by atoms with Gasteiger partial charge in [-0.3, -0.25) is 9.59 Å². The molecule has 0 saturated heterocycles. The molecule has 0 unspecified atom stereocenters. The molecule has 1 fully saturated rings. The van der Waals surface area contributed by atoms with Gasteiger partial charge in [-0.1, -0.05) is 12.8 Å². The highest BCUT2D eigenvalue weighted by Crippen LogP contribution is 2.37. The van der Waals surface area contributed by atoms with Crippen LogP contribution in [0.5, 0.6) is 0 Å². The lowest BCUT2D eigenvalue weighted by Crippen LogP contribution is -2.36. The number of hydrogen-bond donors (Lipinski definition) is 1. The number of hydrogen-bond acceptors (Lipinski definition) is 3. The van der Waals surface area contributed by atoms with Crippen LogP contribution in [0.1, 0.15) is 65.7 Å². The molecule has 1 aliphatic carbocycles. The summed E-state index contributed by atoms with van der Waals surface area (Å²) < 4.78 is 42.2. The fourth-order valence-corrected chi connectivity index (χ4v) is 2.70. The van der Waals surface area contributed by atoms with Crippen LogP contribution in [-0.2, 0) is 14.3 Å². The summed E-state index contributed by atoms with van der Waals surface area (Å²) in [5.74, 6) is -3.39. The molecule has 1 N–H and O–H groups in total. The summed E-state index contributed by atoms with van der Waals surface area (Å²) in [6, 6.07) is 0. The van der Waals surface area contributed by atoms with Gasteiger partial charge in [0, 0.05) is 6.42 Å². The number of aliphatic carboxylic acids is 1. The molecule has 2 atom stereocenters. The molecule has 1 saturated carbocycles. The first kappa shape index (κ1) is 20.8. The SMILES string of the molecule is CC(C)(C)OC(=O)[C@@H](CCC1CC1)[C@@H](CCCC(F)(F)F)C(=O)O. The van der Waals surface area contributed by atoms with Gasteiger partial charge >= 0.3 is 18.1 Å². The number of carbonyl (C=O) groups is 2. The Morgan fingerprint density at radius 1 is 1.12 bits per heavy atom. The van der Waals surface area contributed by atoms with Gasteiger partial charge in [-0.25, -0.2) is 0 Å². The molecule has 1 rings (SSSR count). The largest absolute Gasteiger partial charge is 0.481 e. The molecule has 0 amide bonds. The Labute approximate surface area is 140 Å². The van der Waals surface area contributed by atoms with Gasteiger partial charge in [0.1, 0.15) is 5.60 Å². The Morgan fingerprint density at radius 3 is 2.12 bits per heavy atom. The second-order valence-corrected chi connectivity index (χ2v) is 7.61. The van der Waals surface area contributed by atoms with E-state index in [2.05, 4.69) is 0 Å². The number of halogens is 3. The number of alkyl halides is 3. The molecule has 0 heterocycles. The average molecular weight is 352 g/mol. The quantitative estimate of drug-likeness (QED) is 0.618. The molecule has 1 aliphatic rings. The highest BCUT2D eigenvalue weighted by atomic mass is 19.4. The zero-order valence-corrected chi connectivity index (χ0v) is 14.5. The standard InChI is InChI=1S/C17H27F3O4/c1-16(2,3)24-15(23)13(9-8-11-6-7-11)12(14(21)22)5-4-10-17(18,19)20/h11-13H,4-10H2,1-3H3,(H,21,22)/t12-,13+/m1/s1. The van der Waals surface area contributed by atoms with Crippen molar-refractivity contribution in [1.29, 1.82) is 0 Å². The van der Waals surface area contributed by atoms with Gasteiger partial charge in [-0.2, -0.15) is 13.2 Å². The third kappa shape index (κ3) is 8.55. The first-order valence-corrected chi connectivity index (χ1v) is 8.41. The molecule has 24 heavy (non-hydrogen) atoms. The molecule has 0 aliphatic heterocycles. The fraction of sp³-hybridized carbons (Fsp3) is 0.882. The number of rotatable bonds is 9. The van der Waals surface area contributed by atoms with Crippen LogP contribution in [-0.4, -0.2) is 28.8 Å². The predicted octanol–water partition coefficient (Wildman–Crippen LogP) is 4.57. The van der Waals surface area contributed by atoms with E-state index in [0.717, 1.165) is 12.8 Å². The molecule has 0 aromatic rings. The number of carboxylic acids is 1. The highest BCUT2D eigenvalue weighted by molar-refractivity contribution is 5.81. The molecule has 0 spiro atoms. The van der Waals surface area contributed by atoms with Crippen LogP contribution >= 0.6 is 0 Å². The van der Waals surface area contributed by atoms with Gasteiger partial charge < -0.3 is 9.84 Å². The summed E-state index contributed by atoms with van der Waals surface area (Å²) in [5.41, 5.74) is -0.760. The third-order valence-corrected chi connectivity index (χ3v) is 4.07. The monoisotopic (exact) mass is 352 g/mol. The fourth-order valence-electron chi connectivity index (χ4n) is 2.70. The molecule has 0 bridgehead atoms. The Bertz CT molecular complexity index is 436. The molecule has 140 valence electrons. The van der Waals surface area contributed by atoms with Crippen molar-refractivity contribution >= 4 is 11.9 Å². The van der Waals surface area contributed by atoms with Crippen LogP contribution in [0.2, 0.25) is 0 Å². The molecule has 4 nitrogen and oxygen atoms in total. The topological polar surface area (TPSA) is 63.6 Å². The smallest absolute Gasteiger partial charge is 0.389 e. The highest BCUT2D eigenvalue weighted by Gasteiger charge is 2.38. The Hall–Kier alpha value is -1.27. The van der Waals surface area contributed by atoms with Crippen molar-refractivity contribution in [3.05, 3.63) is 0 Å². The Morgan fingerprint density at radius 2 is 1.71 bits per heavy atom. The summed E-state index contributed by atoms with van der Waals surface area (Å²) in [6.07, 6.45) is -2.65. The van der Waals surface area contributed by atoms with Crippen molar-refractivity contribution in [2.24, 2.45) is 17.8 Å². The van der Waals surface area contributed by atoms with E-state index in [1.165, 1.54) is 0 Å². The average Bonchev–Trinajstić information content (AvgIpc) is 3.17. The first-order valence-electron chi connectivity index (χ1n) is 8.41. The summed E-state index contributed by atoms with van der Waals surface area (Å²) in [5, 5.41) is 9.41.